The highest BCUT2D eigenvalue weighted by Crippen LogP contribution is 2.29. The average Bonchev–Trinajstić information content (AvgIpc) is 2.67. The molecule has 9 heteroatoms. The van der Waals surface area contributed by atoms with E-state index in [2.05, 4.69) is 15.4 Å². The van der Waals surface area contributed by atoms with Crippen LogP contribution in [0.25, 0.3) is 0 Å². The summed E-state index contributed by atoms with van der Waals surface area (Å²) in [6.45, 7) is -2.34. The number of nitrogens with zero attached hydrogens (tertiary/aromatic N) is 1. The summed E-state index contributed by atoms with van der Waals surface area (Å²) >= 11 is 0. The number of likely N-dealkylation sites (N-methyl/N-ethyl adjacent to an activating group) is 1. The number of benzene rings is 2. The molecule has 0 heterocycles. The minimum absolute atomic E-state index is 0.0314. The van der Waals surface area contributed by atoms with Gasteiger partial charge in [-0.15, -0.1) is 0 Å². The van der Waals surface area contributed by atoms with E-state index >= 15 is 0 Å². The molecule has 0 saturated carbocycles. The molecule has 0 aliphatic heterocycles. The van der Waals surface area contributed by atoms with Gasteiger partial charge in [-0.2, -0.15) is 8.78 Å². The summed E-state index contributed by atoms with van der Waals surface area (Å²) in [6, 6.07) is 13.3. The number of ether oxygens (including phenoxy) is 2. The van der Waals surface area contributed by atoms with Crippen molar-refractivity contribution in [2.24, 2.45) is 0 Å². The molecule has 0 aliphatic rings. The van der Waals surface area contributed by atoms with Crippen LogP contribution in [0, 0.1) is 0 Å². The Morgan fingerprint density at radius 1 is 1.07 bits per heavy atom. The highest BCUT2D eigenvalue weighted by atomic mass is 19.3. The topological polar surface area (TPSA) is 79.9 Å². The van der Waals surface area contributed by atoms with Crippen molar-refractivity contribution >= 4 is 11.9 Å². The predicted octanol–water partition coefficient (Wildman–Crippen LogP) is 2.75. The minimum Gasteiger partial charge on any atom is -0.493 e. The smallest absolute Gasteiger partial charge is 0.387 e. The van der Waals surface area contributed by atoms with Crippen LogP contribution in [0.5, 0.6) is 11.5 Å². The van der Waals surface area contributed by atoms with Gasteiger partial charge in [0.05, 0.1) is 13.7 Å². The number of hydrogen-bond acceptors (Lipinski definition) is 5. The Morgan fingerprint density at radius 2 is 1.79 bits per heavy atom. The predicted molar refractivity (Wildman–Crippen MR) is 103 cm³/mol. The molecule has 2 aromatic carbocycles. The van der Waals surface area contributed by atoms with Crippen LogP contribution in [-0.2, 0) is 17.9 Å². The van der Waals surface area contributed by atoms with Gasteiger partial charge in [-0.1, -0.05) is 36.4 Å². The zero-order chi connectivity index (χ0) is 21.2. The van der Waals surface area contributed by atoms with E-state index in [9.17, 15) is 18.4 Å². The zero-order valence-electron chi connectivity index (χ0n) is 16.2. The number of amides is 3. The van der Waals surface area contributed by atoms with Gasteiger partial charge in [0.2, 0.25) is 5.91 Å². The summed E-state index contributed by atoms with van der Waals surface area (Å²) in [6.07, 6.45) is 0. The quantitative estimate of drug-likeness (QED) is 0.668. The Morgan fingerprint density at radius 3 is 2.45 bits per heavy atom. The van der Waals surface area contributed by atoms with Crippen LogP contribution >= 0.6 is 0 Å². The molecule has 0 unspecified atom stereocenters. The third-order valence-electron chi connectivity index (χ3n) is 3.86. The summed E-state index contributed by atoms with van der Waals surface area (Å²) in [4.78, 5) is 25.5. The fourth-order valence-electron chi connectivity index (χ4n) is 2.60. The number of imide groups is 1. The van der Waals surface area contributed by atoms with Crippen molar-refractivity contribution in [2.75, 3.05) is 20.7 Å². The van der Waals surface area contributed by atoms with E-state index in [-0.39, 0.29) is 18.0 Å². The highest BCUT2D eigenvalue weighted by molar-refractivity contribution is 5.95. The van der Waals surface area contributed by atoms with E-state index in [1.807, 2.05) is 30.3 Å². The number of carbonyl (C=O) groups is 2. The Bertz CT molecular complexity index is 819. The van der Waals surface area contributed by atoms with E-state index in [4.69, 9.17) is 4.74 Å². The molecule has 0 spiro atoms. The van der Waals surface area contributed by atoms with Gasteiger partial charge in [-0.3, -0.25) is 15.0 Å². The Hall–Kier alpha value is -3.20. The standard InChI is InChI=1S/C20H23F2N3O4/c1-25(12-15-8-9-16(29-19(21)22)17(10-15)28-2)13-18(26)24-20(27)23-11-14-6-4-3-5-7-14/h3-10,19H,11-13H2,1-2H3,(H2,23,24,26,27). The number of carbonyl (C=O) groups excluding carboxylic acids is 2. The first-order chi connectivity index (χ1) is 13.9. The maximum absolute atomic E-state index is 12.4. The molecule has 7 nitrogen and oxygen atoms in total. The van der Waals surface area contributed by atoms with Crippen LogP contribution < -0.4 is 20.1 Å². The number of halogens is 2. The van der Waals surface area contributed by atoms with Crippen molar-refractivity contribution in [3.63, 3.8) is 0 Å². The lowest BCUT2D eigenvalue weighted by atomic mass is 10.2. The molecule has 0 saturated heterocycles. The van der Waals surface area contributed by atoms with Crippen molar-refractivity contribution in [2.45, 2.75) is 19.7 Å². The summed E-state index contributed by atoms with van der Waals surface area (Å²) in [5.74, 6) is -0.370. The van der Waals surface area contributed by atoms with Gasteiger partial charge in [-0.25, -0.2) is 4.79 Å². The normalized spacial score (nSPS) is 10.7. The van der Waals surface area contributed by atoms with E-state index < -0.39 is 18.5 Å². The lowest BCUT2D eigenvalue weighted by molar-refractivity contribution is -0.121. The van der Waals surface area contributed by atoms with Crippen LogP contribution in [0.3, 0.4) is 0 Å². The van der Waals surface area contributed by atoms with Crippen molar-refractivity contribution in [3.8, 4) is 11.5 Å². The Balaban J connectivity index is 1.81. The molecule has 3 amide bonds. The molecule has 0 bridgehead atoms. The van der Waals surface area contributed by atoms with Gasteiger partial charge in [0.1, 0.15) is 0 Å². The number of rotatable bonds is 9. The molecule has 0 aliphatic carbocycles. The third-order valence-corrected chi connectivity index (χ3v) is 3.86. The van der Waals surface area contributed by atoms with Gasteiger partial charge in [0.15, 0.2) is 11.5 Å². The highest BCUT2D eigenvalue weighted by Gasteiger charge is 2.14. The third kappa shape index (κ3) is 7.74. The van der Waals surface area contributed by atoms with Crippen LogP contribution in [-0.4, -0.2) is 44.2 Å². The second-order valence-corrected chi connectivity index (χ2v) is 6.25. The van der Waals surface area contributed by atoms with Crippen LogP contribution in [0.1, 0.15) is 11.1 Å². The maximum Gasteiger partial charge on any atom is 0.387 e. The molecule has 0 aromatic heterocycles. The first-order valence-corrected chi connectivity index (χ1v) is 8.79. The van der Waals surface area contributed by atoms with E-state index in [1.54, 1.807) is 24.1 Å². The number of nitrogens with one attached hydrogen (secondary N) is 2. The first-order valence-electron chi connectivity index (χ1n) is 8.79. The molecule has 2 N–H and O–H groups in total. The van der Waals surface area contributed by atoms with Gasteiger partial charge >= 0.3 is 12.6 Å². The van der Waals surface area contributed by atoms with Crippen molar-refractivity contribution in [3.05, 3.63) is 59.7 Å². The fraction of sp³-hybridized carbons (Fsp3) is 0.300. The maximum atomic E-state index is 12.4. The molecule has 0 atom stereocenters. The average molecular weight is 407 g/mol. The first kappa shape index (κ1) is 22.1. The molecule has 0 radical (unpaired) electrons. The SMILES string of the molecule is COc1cc(CN(C)CC(=O)NC(=O)NCc2ccccc2)ccc1OC(F)F. The number of urea groups is 1. The molecule has 29 heavy (non-hydrogen) atoms. The van der Waals surface area contributed by atoms with Crippen molar-refractivity contribution < 1.29 is 27.8 Å². The van der Waals surface area contributed by atoms with E-state index in [1.165, 1.54) is 13.2 Å². The van der Waals surface area contributed by atoms with E-state index in [0.717, 1.165) is 11.1 Å². The fourth-order valence-corrected chi connectivity index (χ4v) is 2.60. The summed E-state index contributed by atoms with van der Waals surface area (Å²) in [5, 5.41) is 4.87. The molecular weight excluding hydrogens is 384 g/mol. The van der Waals surface area contributed by atoms with Crippen molar-refractivity contribution in [1.82, 2.24) is 15.5 Å². The van der Waals surface area contributed by atoms with Crippen molar-refractivity contribution in [1.29, 1.82) is 0 Å². The second-order valence-electron chi connectivity index (χ2n) is 6.25. The van der Waals surface area contributed by atoms with Gasteiger partial charge < -0.3 is 14.8 Å². The van der Waals surface area contributed by atoms with Gasteiger partial charge in [0.25, 0.3) is 0 Å². The van der Waals surface area contributed by atoms with E-state index in [0.29, 0.717) is 13.1 Å². The van der Waals surface area contributed by atoms with Crippen LogP contribution in [0.15, 0.2) is 48.5 Å². The lowest BCUT2D eigenvalue weighted by Crippen LogP contribution is -2.43. The molecular formula is C20H23F2N3O4. The van der Waals surface area contributed by atoms with Gasteiger partial charge in [0, 0.05) is 13.1 Å². The number of hydrogen-bond donors (Lipinski definition) is 2. The summed E-state index contributed by atoms with van der Waals surface area (Å²) < 4.78 is 34.2. The second kappa shape index (κ2) is 11.0. The molecule has 0 fully saturated rings. The summed E-state index contributed by atoms with van der Waals surface area (Å²) in [7, 11) is 3.04. The Labute approximate surface area is 167 Å². The number of alkyl halides is 2. The van der Waals surface area contributed by atoms with Gasteiger partial charge in [-0.05, 0) is 30.3 Å². The molecule has 2 aromatic rings. The molecule has 156 valence electrons. The largest absolute Gasteiger partial charge is 0.493 e. The Kier molecular flexibility index (Phi) is 8.35. The molecule has 2 rings (SSSR count). The minimum atomic E-state index is -2.95. The zero-order valence-corrected chi connectivity index (χ0v) is 16.2. The summed E-state index contributed by atoms with van der Waals surface area (Å²) in [5.41, 5.74) is 1.65. The monoisotopic (exact) mass is 407 g/mol. The van der Waals surface area contributed by atoms with Crippen LogP contribution in [0.4, 0.5) is 13.6 Å². The lowest BCUT2D eigenvalue weighted by Gasteiger charge is -2.17. The number of methoxy groups -OCH3 is 1. The van der Waals surface area contributed by atoms with Crippen LogP contribution in [0.2, 0.25) is 0 Å².